The van der Waals surface area contributed by atoms with Gasteiger partial charge in [0.2, 0.25) is 11.8 Å². The molecule has 2 heterocycles. The van der Waals surface area contributed by atoms with Gasteiger partial charge in [0.25, 0.3) is 5.22 Å². The van der Waals surface area contributed by atoms with Gasteiger partial charge in [-0.05, 0) is 38.1 Å². The molecular weight excluding hydrogens is 378 g/mol. The van der Waals surface area contributed by atoms with Gasteiger partial charge in [0.1, 0.15) is 13.2 Å². The number of nitrogens with one attached hydrogen (secondary N) is 1. The van der Waals surface area contributed by atoms with Crippen molar-refractivity contribution in [1.82, 2.24) is 10.2 Å². The number of aryl methyl sites for hydroxylation is 1. The van der Waals surface area contributed by atoms with Gasteiger partial charge in [-0.3, -0.25) is 4.79 Å². The molecular formula is C20H19N3O4S. The number of ether oxygens (including phenoxy) is 2. The van der Waals surface area contributed by atoms with Crippen molar-refractivity contribution < 1.29 is 18.7 Å². The number of carbonyl (C=O) groups is 1. The van der Waals surface area contributed by atoms with Gasteiger partial charge in [-0.25, -0.2) is 0 Å². The fraction of sp³-hybridized carbons (Fsp3) is 0.250. The highest BCUT2D eigenvalue weighted by Crippen LogP contribution is 2.33. The van der Waals surface area contributed by atoms with E-state index in [1.54, 1.807) is 25.1 Å². The highest BCUT2D eigenvalue weighted by Gasteiger charge is 2.20. The maximum absolute atomic E-state index is 12.5. The number of anilines is 1. The molecule has 1 atom stereocenters. The lowest BCUT2D eigenvalue weighted by molar-refractivity contribution is -0.115. The van der Waals surface area contributed by atoms with Gasteiger partial charge in [0.15, 0.2) is 11.5 Å². The first-order valence-electron chi connectivity index (χ1n) is 8.86. The van der Waals surface area contributed by atoms with E-state index in [4.69, 9.17) is 13.9 Å². The Morgan fingerprint density at radius 2 is 1.82 bits per heavy atom. The van der Waals surface area contributed by atoms with Gasteiger partial charge in [-0.2, -0.15) is 0 Å². The highest BCUT2D eigenvalue weighted by atomic mass is 32.2. The van der Waals surface area contributed by atoms with Crippen LogP contribution >= 0.6 is 11.8 Å². The molecule has 0 spiro atoms. The molecule has 1 amide bonds. The Morgan fingerprint density at radius 1 is 1.07 bits per heavy atom. The summed E-state index contributed by atoms with van der Waals surface area (Å²) in [4.78, 5) is 12.5. The van der Waals surface area contributed by atoms with Crippen LogP contribution < -0.4 is 14.8 Å². The summed E-state index contributed by atoms with van der Waals surface area (Å²) in [5, 5.41) is 10.9. The molecule has 1 aromatic heterocycles. The number of carbonyl (C=O) groups excluding carboxylic acids is 1. The molecule has 0 bridgehead atoms. The minimum absolute atomic E-state index is 0.170. The van der Waals surface area contributed by atoms with Crippen molar-refractivity contribution >= 4 is 23.4 Å². The smallest absolute Gasteiger partial charge is 0.277 e. The Balaban J connectivity index is 1.39. The third-order valence-corrected chi connectivity index (χ3v) is 5.10. The normalized spacial score (nSPS) is 13.8. The molecule has 0 saturated heterocycles. The van der Waals surface area contributed by atoms with E-state index in [2.05, 4.69) is 15.5 Å². The lowest BCUT2D eigenvalue weighted by Crippen LogP contribution is -2.22. The molecule has 1 aliphatic heterocycles. The van der Waals surface area contributed by atoms with Crippen LogP contribution in [-0.4, -0.2) is 34.6 Å². The first kappa shape index (κ1) is 18.4. The van der Waals surface area contributed by atoms with E-state index in [1.807, 2.05) is 31.2 Å². The van der Waals surface area contributed by atoms with E-state index in [-0.39, 0.29) is 5.91 Å². The summed E-state index contributed by atoms with van der Waals surface area (Å²) >= 11 is 1.21. The van der Waals surface area contributed by atoms with Crippen molar-refractivity contribution in [3.63, 3.8) is 0 Å². The van der Waals surface area contributed by atoms with Crippen LogP contribution in [0.2, 0.25) is 0 Å². The average Bonchev–Trinajstić information content (AvgIpc) is 3.17. The third kappa shape index (κ3) is 4.12. The molecule has 2 aromatic carbocycles. The molecule has 8 heteroatoms. The Kier molecular flexibility index (Phi) is 5.21. The van der Waals surface area contributed by atoms with Crippen LogP contribution in [0.15, 0.2) is 52.1 Å². The van der Waals surface area contributed by atoms with Crippen molar-refractivity contribution in [2.45, 2.75) is 24.3 Å². The minimum Gasteiger partial charge on any atom is -0.486 e. The van der Waals surface area contributed by atoms with E-state index in [0.717, 1.165) is 11.1 Å². The second-order valence-corrected chi connectivity index (χ2v) is 7.64. The number of rotatable bonds is 5. The molecule has 1 aliphatic rings. The predicted molar refractivity (Wildman–Crippen MR) is 106 cm³/mol. The van der Waals surface area contributed by atoms with Crippen LogP contribution in [0.4, 0.5) is 5.69 Å². The number of aromatic nitrogens is 2. The summed E-state index contributed by atoms with van der Waals surface area (Å²) < 4.78 is 16.7. The summed E-state index contributed by atoms with van der Waals surface area (Å²) in [5.41, 5.74) is 2.65. The molecule has 0 radical (unpaired) electrons. The second kappa shape index (κ2) is 7.93. The zero-order valence-corrected chi connectivity index (χ0v) is 16.3. The summed E-state index contributed by atoms with van der Waals surface area (Å²) in [6.45, 7) is 4.83. The molecule has 0 aliphatic carbocycles. The molecule has 28 heavy (non-hydrogen) atoms. The molecule has 7 nitrogen and oxygen atoms in total. The van der Waals surface area contributed by atoms with Crippen molar-refractivity contribution in [2.75, 3.05) is 18.5 Å². The predicted octanol–water partition coefficient (Wildman–Crippen LogP) is 3.94. The van der Waals surface area contributed by atoms with Gasteiger partial charge in [0, 0.05) is 17.3 Å². The van der Waals surface area contributed by atoms with Gasteiger partial charge >= 0.3 is 0 Å². The summed E-state index contributed by atoms with van der Waals surface area (Å²) in [6.07, 6.45) is 0. The Labute approximate surface area is 166 Å². The first-order valence-corrected chi connectivity index (χ1v) is 9.74. The highest BCUT2D eigenvalue weighted by molar-refractivity contribution is 8.00. The lowest BCUT2D eigenvalue weighted by Gasteiger charge is -2.19. The summed E-state index contributed by atoms with van der Waals surface area (Å²) in [5.74, 6) is 1.57. The molecule has 0 fully saturated rings. The van der Waals surface area contributed by atoms with E-state index in [9.17, 15) is 4.79 Å². The number of amides is 1. The number of hydrogen-bond acceptors (Lipinski definition) is 7. The number of thioether (sulfide) groups is 1. The van der Waals surface area contributed by atoms with Crippen LogP contribution in [0.3, 0.4) is 0 Å². The van der Waals surface area contributed by atoms with Gasteiger partial charge < -0.3 is 19.2 Å². The zero-order valence-electron chi connectivity index (χ0n) is 15.5. The van der Waals surface area contributed by atoms with E-state index in [1.165, 1.54) is 11.8 Å². The number of benzene rings is 2. The van der Waals surface area contributed by atoms with Crippen LogP contribution in [0.5, 0.6) is 11.5 Å². The molecule has 4 rings (SSSR count). The van der Waals surface area contributed by atoms with Crippen LogP contribution in [0.1, 0.15) is 12.5 Å². The minimum atomic E-state index is -0.417. The third-order valence-electron chi connectivity index (χ3n) is 4.16. The van der Waals surface area contributed by atoms with Gasteiger partial charge in [-0.1, -0.05) is 29.5 Å². The largest absolute Gasteiger partial charge is 0.486 e. The topological polar surface area (TPSA) is 86.5 Å². The van der Waals surface area contributed by atoms with E-state index < -0.39 is 5.25 Å². The van der Waals surface area contributed by atoms with Crippen LogP contribution in [0, 0.1) is 6.92 Å². The standard InChI is InChI=1S/C20H19N3O4S/c1-12-3-5-14(6-4-12)19-22-23-20(27-19)28-13(2)18(24)21-15-7-8-16-17(11-15)26-10-9-25-16/h3-8,11,13H,9-10H2,1-2H3,(H,21,24)/t13-/m1/s1. The lowest BCUT2D eigenvalue weighted by atomic mass is 10.1. The second-order valence-electron chi connectivity index (χ2n) is 6.35. The average molecular weight is 397 g/mol. The fourth-order valence-electron chi connectivity index (χ4n) is 2.64. The number of fused-ring (bicyclic) bond motifs is 1. The quantitative estimate of drug-likeness (QED) is 0.653. The zero-order chi connectivity index (χ0) is 19.5. The Hall–Kier alpha value is -3.00. The molecule has 3 aromatic rings. The first-order chi connectivity index (χ1) is 13.6. The van der Waals surface area contributed by atoms with Crippen LogP contribution in [0.25, 0.3) is 11.5 Å². The number of hydrogen-bond donors (Lipinski definition) is 1. The monoisotopic (exact) mass is 397 g/mol. The van der Waals surface area contributed by atoms with Gasteiger partial charge in [-0.15, -0.1) is 10.2 Å². The summed E-state index contributed by atoms with van der Waals surface area (Å²) in [7, 11) is 0. The van der Waals surface area contributed by atoms with Crippen LogP contribution in [-0.2, 0) is 4.79 Å². The van der Waals surface area contributed by atoms with Crippen molar-refractivity contribution in [3.05, 3.63) is 48.0 Å². The van der Waals surface area contributed by atoms with Crippen molar-refractivity contribution in [1.29, 1.82) is 0 Å². The van der Waals surface area contributed by atoms with Crippen molar-refractivity contribution in [3.8, 4) is 23.0 Å². The molecule has 144 valence electrons. The van der Waals surface area contributed by atoms with E-state index in [0.29, 0.717) is 41.5 Å². The molecule has 1 N–H and O–H groups in total. The van der Waals surface area contributed by atoms with E-state index >= 15 is 0 Å². The maximum atomic E-state index is 12.5. The Bertz CT molecular complexity index is 987. The van der Waals surface area contributed by atoms with Gasteiger partial charge in [0.05, 0.1) is 5.25 Å². The Morgan fingerprint density at radius 3 is 2.61 bits per heavy atom. The molecule has 0 saturated carbocycles. The maximum Gasteiger partial charge on any atom is 0.277 e. The SMILES string of the molecule is Cc1ccc(-c2nnc(S[C@H](C)C(=O)Nc3ccc4c(c3)OCCO4)o2)cc1. The summed E-state index contributed by atoms with van der Waals surface area (Å²) in [6, 6.07) is 13.1. The fourth-order valence-corrected chi connectivity index (χ4v) is 3.32. The number of nitrogens with zero attached hydrogens (tertiary/aromatic N) is 2. The van der Waals surface area contributed by atoms with Crippen molar-refractivity contribution in [2.24, 2.45) is 0 Å². The molecule has 0 unspecified atom stereocenters.